The van der Waals surface area contributed by atoms with Crippen LogP contribution in [0.3, 0.4) is 0 Å². The van der Waals surface area contributed by atoms with E-state index < -0.39 is 148 Å². The highest BCUT2D eigenvalue weighted by Crippen LogP contribution is 2.66. The summed E-state index contributed by atoms with van der Waals surface area (Å²) in [5.74, 6) is -9.27. The Bertz CT molecular complexity index is 6400. The minimum absolute atomic E-state index is 0.0134. The molecular formula is C108H108F10O21S6. The van der Waals surface area contributed by atoms with Crippen LogP contribution in [0, 0.1) is 63.5 Å². The Kier molecular flexibility index (Phi) is 33.7. The molecule has 7 unspecified atom stereocenters. The summed E-state index contributed by atoms with van der Waals surface area (Å²) in [6.45, 7) is 15.3. The average Bonchev–Trinajstić information content (AvgIpc) is 0.867. The van der Waals surface area contributed by atoms with Gasteiger partial charge in [0.1, 0.15) is 22.8 Å². The van der Waals surface area contributed by atoms with Gasteiger partial charge in [0, 0.05) is 50.8 Å². The first-order chi connectivity index (χ1) is 68.2. The van der Waals surface area contributed by atoms with Gasteiger partial charge in [-0.25, -0.2) is 44.0 Å². The standard InChI is InChI=1S/C22H19O2S.2C18H23F3O7S.C18H14FS.C18H13S.C14H19F3O5S/c1-17(2)22(23)24-18-13-15-21(16-14-18)25(19-9-5-3-6-10-19)20-11-7-4-8-12-20;2*1-10(2)14(22)28-17-6-11-3-12(7-17)5-16(4-11,9-17)15(23)27-13(18(19,20)21)8-29(24,25)26;19-15-11-13-18(14-12-15)20(16-7-3-1-4-8-16)17-9-5-2-6-10-17;1-2-8-14(9-3-1)19-17-12-6-4-10-15(17)16-11-5-7-13-18(16)19;15-14(16,17)11(7-23(19,20)21)22-12(18)13-4-8-1-9(5-13)3-10(2-8)6-13/h3-16H,1H2,2H3;2*11-13H,1,3-9H2,2H3,(H,24,25,26);1-14H;1-13H;8-11H,1-7H2,(H,19,20,21)/q+1;;;2*+1;/p-3. The third-order valence-corrected chi connectivity index (χ3v) is 36.6. The van der Waals surface area contributed by atoms with Crippen molar-refractivity contribution in [2.75, 3.05) is 17.3 Å². The lowest BCUT2D eigenvalue weighted by atomic mass is 9.48. The molecule has 145 heavy (non-hydrogen) atoms. The number of hydrogen-bond acceptors (Lipinski definition) is 21. The zero-order chi connectivity index (χ0) is 105. The molecule has 12 aliphatic carbocycles. The van der Waals surface area contributed by atoms with Gasteiger partial charge in [0.25, 0.3) is 0 Å². The second kappa shape index (κ2) is 44.6. The van der Waals surface area contributed by atoms with Crippen molar-refractivity contribution < 1.29 is 140 Å². The first-order valence-corrected chi connectivity index (χ1v) is 55.4. The van der Waals surface area contributed by atoms with Crippen molar-refractivity contribution >= 4 is 119 Å². The van der Waals surface area contributed by atoms with E-state index in [1.54, 1.807) is 6.92 Å². The Hall–Kier alpha value is -11.0. The molecule has 0 radical (unpaired) electrons. The first kappa shape index (κ1) is 110. The summed E-state index contributed by atoms with van der Waals surface area (Å²) in [5, 5.41) is 2.79. The average molecular weight is 2120 g/mol. The van der Waals surface area contributed by atoms with Crippen molar-refractivity contribution in [2.45, 2.75) is 214 Å². The molecule has 0 saturated heterocycles. The first-order valence-electron chi connectivity index (χ1n) is 47.0. The normalized spacial score (nSPS) is 24.5. The molecule has 12 fully saturated rings. The van der Waals surface area contributed by atoms with Crippen molar-refractivity contribution in [1.29, 1.82) is 0 Å². The van der Waals surface area contributed by atoms with Gasteiger partial charge in [-0.05, 0) is 298 Å². The van der Waals surface area contributed by atoms with Crippen LogP contribution >= 0.6 is 10.5 Å². The van der Waals surface area contributed by atoms with Crippen LogP contribution in [0.1, 0.15) is 136 Å². The maximum atomic E-state index is 13.2. The number of carbonyl (C=O) groups excluding carboxylic acids is 6. The largest absolute Gasteiger partial charge is 0.748 e. The van der Waals surface area contributed by atoms with Crippen LogP contribution in [0.25, 0.3) is 25.1 Å². The van der Waals surface area contributed by atoms with Crippen molar-refractivity contribution in [3.8, 4) is 10.6 Å². The van der Waals surface area contributed by atoms with Crippen LogP contribution in [0.4, 0.5) is 43.9 Å². The molecule has 12 bridgehead atoms. The highest BCUT2D eigenvalue weighted by Gasteiger charge is 2.67. The van der Waals surface area contributed by atoms with Gasteiger partial charge >= 0.3 is 54.3 Å². The number of halogens is 10. The lowest BCUT2D eigenvalue weighted by molar-refractivity contribution is -0.237. The van der Waals surface area contributed by atoms with Gasteiger partial charge in [-0.3, -0.25) is 14.4 Å². The fraction of sp³-hybridized carbons (Fsp3) is 0.389. The number of benzene rings is 9. The number of esters is 6. The molecule has 0 N–H and O–H groups in total. The SMILES string of the molecule is C=C(C)C(=O)OC12CC3CC(C1)CC(C(=O)OC(CS(=O)(=O)[O-])C(F)(F)F)(C3)C2.C=C(C)C(=O)OC12CC3CC(C1)CC(C(=O)OC(CS(=O)(=O)[O-])C(F)(F)F)(C3)C2.C=C(C)C(=O)Oc1ccc([S+](c2ccccc2)c2ccccc2)cc1.Fc1ccc([S+](c2ccccc2)c2ccccc2)cc1.O=C(OC(CS(=O)(=O)[O-])C(F)(F)F)C12CC3CC(CC(C3)C1)C2.c1ccc(-[s+]2c3ccccc3c3ccccc32)cc1. The molecule has 12 saturated carbocycles. The number of hydrogen-bond donors (Lipinski definition) is 0. The molecule has 1 heterocycles. The monoisotopic (exact) mass is 2120 g/mol. The summed E-state index contributed by atoms with van der Waals surface area (Å²) in [6, 6.07) is 84.5. The highest BCUT2D eigenvalue weighted by molar-refractivity contribution is 7.97. The van der Waals surface area contributed by atoms with Crippen molar-refractivity contribution in [2.24, 2.45) is 57.7 Å². The second-order valence-electron chi connectivity index (χ2n) is 39.4. The van der Waals surface area contributed by atoms with E-state index in [-0.39, 0.29) is 111 Å². The molecule has 772 valence electrons. The van der Waals surface area contributed by atoms with E-state index in [2.05, 4.69) is 186 Å². The second-order valence-corrected chi connectivity index (χ2v) is 49.8. The molecule has 21 nitrogen and oxygen atoms in total. The molecule has 22 rings (SSSR count). The molecule has 37 heteroatoms. The summed E-state index contributed by atoms with van der Waals surface area (Å²) >= 11 is 0. The van der Waals surface area contributed by atoms with Crippen molar-refractivity contribution in [1.82, 2.24) is 0 Å². The highest BCUT2D eigenvalue weighted by atomic mass is 32.2. The Morgan fingerprint density at radius 3 is 0.897 bits per heavy atom. The minimum Gasteiger partial charge on any atom is -0.748 e. The van der Waals surface area contributed by atoms with E-state index in [1.807, 2.05) is 84.9 Å². The Balaban J connectivity index is 0.000000139. The Labute approximate surface area is 843 Å². The van der Waals surface area contributed by atoms with Crippen molar-refractivity contribution in [3.63, 3.8) is 0 Å². The minimum atomic E-state index is -5.27. The maximum absolute atomic E-state index is 13.2. The number of rotatable bonds is 25. The van der Waals surface area contributed by atoms with E-state index in [1.165, 1.54) is 75.5 Å². The van der Waals surface area contributed by atoms with E-state index in [9.17, 15) is 112 Å². The third-order valence-electron chi connectivity index (χ3n) is 27.6. The Morgan fingerprint density at radius 1 is 0.352 bits per heavy atom. The van der Waals surface area contributed by atoms with Gasteiger partial charge < -0.3 is 42.1 Å². The van der Waals surface area contributed by atoms with Crippen LogP contribution in [-0.2, 0) is 105 Å². The zero-order valence-electron chi connectivity index (χ0n) is 79.2. The fourth-order valence-electron chi connectivity index (χ4n) is 23.0. The van der Waals surface area contributed by atoms with Gasteiger partial charge in [-0.15, -0.1) is 0 Å². The summed E-state index contributed by atoms with van der Waals surface area (Å²) in [7, 11) is -16.0. The number of carbonyl (C=O) groups is 6. The summed E-state index contributed by atoms with van der Waals surface area (Å²) < 4.78 is 261. The lowest BCUT2D eigenvalue weighted by Gasteiger charge is -2.59. The van der Waals surface area contributed by atoms with E-state index in [0.29, 0.717) is 74.0 Å². The van der Waals surface area contributed by atoms with Gasteiger partial charge in [-0.2, -0.15) is 39.5 Å². The molecule has 10 aromatic rings. The van der Waals surface area contributed by atoms with E-state index >= 15 is 0 Å². The molecule has 12 aliphatic rings. The third kappa shape index (κ3) is 27.7. The van der Waals surface area contributed by atoms with Crippen LogP contribution in [0.5, 0.6) is 5.75 Å². The number of ether oxygens (including phenoxy) is 6. The van der Waals surface area contributed by atoms with Crippen LogP contribution in [0.2, 0.25) is 0 Å². The maximum Gasteiger partial charge on any atom is 0.426 e. The summed E-state index contributed by atoms with van der Waals surface area (Å²) in [4.78, 5) is 82.6. The predicted octanol–water partition coefficient (Wildman–Crippen LogP) is 23.1. The van der Waals surface area contributed by atoms with E-state index in [4.69, 9.17) is 14.2 Å². The zero-order valence-corrected chi connectivity index (χ0v) is 84.1. The molecular weight excluding hydrogens is 2020 g/mol. The van der Waals surface area contributed by atoms with Crippen LogP contribution in [-0.4, -0.2) is 140 Å². The summed E-state index contributed by atoms with van der Waals surface area (Å²) in [5.41, 5.74) is -4.73. The molecule has 0 spiro atoms. The molecule has 1 aromatic heterocycles. The number of fused-ring (bicyclic) bond motifs is 3. The topological polar surface area (TPSA) is 329 Å². The van der Waals surface area contributed by atoms with E-state index in [0.717, 1.165) is 37.0 Å². The molecule has 7 atom stereocenters. The number of alkyl halides is 9. The smallest absolute Gasteiger partial charge is 0.426 e. The molecule has 0 aliphatic heterocycles. The van der Waals surface area contributed by atoms with Gasteiger partial charge in [0.2, 0.25) is 18.3 Å². The van der Waals surface area contributed by atoms with Crippen molar-refractivity contribution in [3.05, 3.63) is 291 Å². The van der Waals surface area contributed by atoms with Crippen LogP contribution in [0.15, 0.2) is 315 Å². The molecule has 9 aromatic carbocycles. The predicted molar refractivity (Wildman–Crippen MR) is 522 cm³/mol. The quantitative estimate of drug-likeness (QED) is 0.00975. The fourth-order valence-corrected chi connectivity index (χ4v) is 31.5. The van der Waals surface area contributed by atoms with Gasteiger partial charge in [-0.1, -0.05) is 135 Å². The molecule has 0 amide bonds. The lowest BCUT2D eigenvalue weighted by Crippen LogP contribution is -2.60. The van der Waals surface area contributed by atoms with Crippen LogP contribution < -0.4 is 4.74 Å². The summed E-state index contributed by atoms with van der Waals surface area (Å²) in [6.07, 6.45) is -15.1. The Morgan fingerprint density at radius 2 is 0.607 bits per heavy atom. The number of thiophene rings is 1. The van der Waals surface area contributed by atoms with Gasteiger partial charge in [0.15, 0.2) is 43.7 Å². The van der Waals surface area contributed by atoms with Gasteiger partial charge in [0.05, 0.1) is 85.6 Å².